The maximum absolute atomic E-state index is 13.9. The number of benzene rings is 4. The fourth-order valence-corrected chi connectivity index (χ4v) is 5.74. The Morgan fingerprint density at radius 1 is 0.738 bits per heavy atom. The largest absolute Gasteiger partial charge is 0.493 e. The van der Waals surface area contributed by atoms with Crippen LogP contribution < -0.4 is 18.9 Å². The van der Waals surface area contributed by atoms with Crippen LogP contribution >= 0.6 is 31.9 Å². The number of carbonyl (C=O) groups excluding carboxylic acids is 1. The van der Waals surface area contributed by atoms with Gasteiger partial charge in [0.25, 0.3) is 0 Å². The van der Waals surface area contributed by atoms with Crippen LogP contribution in [0.2, 0.25) is 0 Å². The molecule has 0 saturated heterocycles. The van der Waals surface area contributed by atoms with Gasteiger partial charge in [0.2, 0.25) is 5.91 Å². The Morgan fingerprint density at radius 2 is 1.26 bits per heavy atom. The molecule has 0 spiro atoms. The molecule has 8 heteroatoms. The first-order valence-corrected chi connectivity index (χ1v) is 15.2. The Bertz CT molecular complexity index is 1480. The van der Waals surface area contributed by atoms with Crippen molar-refractivity contribution in [1.29, 1.82) is 0 Å². The molecule has 0 aliphatic rings. The Hall–Kier alpha value is -3.49. The van der Waals surface area contributed by atoms with Crippen LogP contribution in [0, 0.1) is 0 Å². The van der Waals surface area contributed by atoms with Crippen molar-refractivity contribution < 1.29 is 23.7 Å². The van der Waals surface area contributed by atoms with Crippen molar-refractivity contribution in [3.8, 4) is 23.0 Å². The summed E-state index contributed by atoms with van der Waals surface area (Å²) < 4.78 is 24.4. The van der Waals surface area contributed by atoms with Crippen molar-refractivity contribution in [3.63, 3.8) is 0 Å². The van der Waals surface area contributed by atoms with Crippen LogP contribution in [0.3, 0.4) is 0 Å². The van der Waals surface area contributed by atoms with Crippen molar-refractivity contribution in [2.45, 2.75) is 32.4 Å². The Kier molecular flexibility index (Phi) is 11.3. The van der Waals surface area contributed by atoms with Crippen LogP contribution in [0.5, 0.6) is 23.0 Å². The second-order valence-electron chi connectivity index (χ2n) is 9.77. The van der Waals surface area contributed by atoms with Gasteiger partial charge < -0.3 is 23.8 Å². The van der Waals surface area contributed by atoms with Crippen LogP contribution in [-0.4, -0.2) is 38.7 Å². The summed E-state index contributed by atoms with van der Waals surface area (Å²) in [6.07, 6.45) is 0.815. The molecule has 220 valence electrons. The van der Waals surface area contributed by atoms with E-state index in [1.807, 2.05) is 77.7 Å². The molecule has 1 atom stereocenters. The summed E-state index contributed by atoms with van der Waals surface area (Å²) in [6, 6.07) is 27.5. The molecule has 0 radical (unpaired) electrons. The minimum absolute atomic E-state index is 0.00413. The molecule has 42 heavy (non-hydrogen) atoms. The second kappa shape index (κ2) is 15.1. The Labute approximate surface area is 264 Å². The molecule has 0 heterocycles. The number of hydrogen-bond acceptors (Lipinski definition) is 5. The topological polar surface area (TPSA) is 57.2 Å². The molecule has 0 aliphatic heterocycles. The predicted molar refractivity (Wildman–Crippen MR) is 173 cm³/mol. The summed E-state index contributed by atoms with van der Waals surface area (Å²) in [5, 5.41) is 0. The van der Waals surface area contributed by atoms with Crippen molar-refractivity contribution in [3.05, 3.63) is 116 Å². The molecule has 4 aromatic rings. The van der Waals surface area contributed by atoms with Gasteiger partial charge in [0.1, 0.15) is 6.61 Å². The first-order valence-electron chi connectivity index (χ1n) is 13.6. The van der Waals surface area contributed by atoms with E-state index >= 15 is 0 Å². The van der Waals surface area contributed by atoms with Crippen molar-refractivity contribution in [2.75, 3.05) is 27.9 Å². The number of amides is 1. The summed E-state index contributed by atoms with van der Waals surface area (Å²) in [5.41, 5.74) is 3.98. The molecule has 1 amide bonds. The lowest BCUT2D eigenvalue weighted by Gasteiger charge is -2.30. The van der Waals surface area contributed by atoms with Gasteiger partial charge in [0.05, 0.1) is 33.8 Å². The molecule has 0 bridgehead atoms. The number of rotatable bonds is 13. The Balaban J connectivity index is 1.59. The van der Waals surface area contributed by atoms with Crippen LogP contribution in [-0.2, 0) is 24.2 Å². The van der Waals surface area contributed by atoms with Gasteiger partial charge in [-0.2, -0.15) is 0 Å². The lowest BCUT2D eigenvalue weighted by Crippen LogP contribution is -2.36. The predicted octanol–water partition coefficient (Wildman–Crippen LogP) is 8.19. The summed E-state index contributed by atoms with van der Waals surface area (Å²) in [4.78, 5) is 15.9. The van der Waals surface area contributed by atoms with Crippen molar-refractivity contribution in [1.82, 2.24) is 4.90 Å². The third kappa shape index (κ3) is 7.86. The number of methoxy groups -OCH3 is 3. The third-order valence-electron chi connectivity index (χ3n) is 7.16. The number of nitrogens with zero attached hydrogens (tertiary/aromatic N) is 1. The number of carbonyl (C=O) groups is 1. The average molecular weight is 697 g/mol. The minimum atomic E-state index is -0.136. The molecule has 1 unspecified atom stereocenters. The summed E-state index contributed by atoms with van der Waals surface area (Å²) in [7, 11) is 4.81. The van der Waals surface area contributed by atoms with Gasteiger partial charge in [0.15, 0.2) is 23.0 Å². The zero-order chi connectivity index (χ0) is 30.1. The van der Waals surface area contributed by atoms with Crippen LogP contribution in [0.15, 0.2) is 93.9 Å². The molecule has 4 aromatic carbocycles. The fraction of sp³-hybridized carbons (Fsp3) is 0.265. The third-order valence-corrected chi connectivity index (χ3v) is 8.63. The summed E-state index contributed by atoms with van der Waals surface area (Å²) in [6.45, 7) is 2.99. The second-order valence-corrected chi connectivity index (χ2v) is 11.5. The highest BCUT2D eigenvalue weighted by molar-refractivity contribution is 9.10. The van der Waals surface area contributed by atoms with Crippen molar-refractivity contribution >= 4 is 37.8 Å². The van der Waals surface area contributed by atoms with Crippen LogP contribution in [0.4, 0.5) is 0 Å². The van der Waals surface area contributed by atoms with E-state index in [4.69, 9.17) is 18.9 Å². The zero-order valence-corrected chi connectivity index (χ0v) is 27.4. The van der Waals surface area contributed by atoms with Crippen molar-refractivity contribution in [2.24, 2.45) is 0 Å². The molecule has 0 fully saturated rings. The van der Waals surface area contributed by atoms with Gasteiger partial charge >= 0.3 is 0 Å². The lowest BCUT2D eigenvalue weighted by atomic mass is 10.0. The molecule has 0 N–H and O–H groups in total. The van der Waals surface area contributed by atoms with Gasteiger partial charge in [0, 0.05) is 15.5 Å². The van der Waals surface area contributed by atoms with E-state index < -0.39 is 0 Å². The average Bonchev–Trinajstić information content (AvgIpc) is 3.02. The summed E-state index contributed by atoms with van der Waals surface area (Å²) >= 11 is 7.32. The standard InChI is InChI=1S/C34H35Br2NO5/c1-23(25-13-9-6-10-14-25)37(34(38)19-27-18-30(39-2)31(40-3)21-29(27)36)16-15-26-17-33(32(41-4)20-28(26)35)42-22-24-11-7-5-8-12-24/h5-14,17-18,20-21,23H,15-16,19,22H2,1-4H3. The van der Waals surface area contributed by atoms with E-state index in [2.05, 4.69) is 50.9 Å². The smallest absolute Gasteiger partial charge is 0.227 e. The summed E-state index contributed by atoms with van der Waals surface area (Å²) in [5.74, 6) is 2.48. The molecule has 0 saturated carbocycles. The van der Waals surface area contributed by atoms with E-state index in [9.17, 15) is 4.79 Å². The molecular formula is C34H35Br2NO5. The normalized spacial score (nSPS) is 11.5. The van der Waals surface area contributed by atoms with Crippen LogP contribution in [0.1, 0.15) is 35.2 Å². The lowest BCUT2D eigenvalue weighted by molar-refractivity contribution is -0.132. The number of halogens is 2. The van der Waals surface area contributed by atoms with E-state index in [-0.39, 0.29) is 18.4 Å². The monoisotopic (exact) mass is 695 g/mol. The van der Waals surface area contributed by atoms with E-state index in [1.54, 1.807) is 21.3 Å². The minimum Gasteiger partial charge on any atom is -0.493 e. The van der Waals surface area contributed by atoms with Crippen LogP contribution in [0.25, 0.3) is 0 Å². The molecule has 6 nitrogen and oxygen atoms in total. The highest BCUT2D eigenvalue weighted by Gasteiger charge is 2.24. The number of ether oxygens (including phenoxy) is 4. The molecule has 4 rings (SSSR count). The highest BCUT2D eigenvalue weighted by atomic mass is 79.9. The Morgan fingerprint density at radius 3 is 1.88 bits per heavy atom. The highest BCUT2D eigenvalue weighted by Crippen LogP contribution is 2.36. The molecule has 0 aromatic heterocycles. The molecular weight excluding hydrogens is 662 g/mol. The quantitative estimate of drug-likeness (QED) is 0.141. The van der Waals surface area contributed by atoms with E-state index in [1.165, 1.54) is 0 Å². The first-order chi connectivity index (χ1) is 20.3. The van der Waals surface area contributed by atoms with Gasteiger partial charge in [-0.3, -0.25) is 4.79 Å². The van der Waals surface area contributed by atoms with E-state index in [0.717, 1.165) is 31.2 Å². The van der Waals surface area contributed by atoms with Gasteiger partial charge in [-0.1, -0.05) is 92.5 Å². The number of hydrogen-bond donors (Lipinski definition) is 0. The maximum atomic E-state index is 13.9. The fourth-order valence-electron chi connectivity index (χ4n) is 4.76. The van der Waals surface area contributed by atoms with Gasteiger partial charge in [-0.15, -0.1) is 0 Å². The molecule has 0 aliphatic carbocycles. The first kappa shape index (κ1) is 31.4. The zero-order valence-electron chi connectivity index (χ0n) is 24.2. The van der Waals surface area contributed by atoms with Gasteiger partial charge in [-0.25, -0.2) is 0 Å². The maximum Gasteiger partial charge on any atom is 0.227 e. The SMILES string of the molecule is COc1cc(Br)c(CC(=O)N(CCc2cc(OCc3ccccc3)c(OC)cc2Br)C(C)c2ccccc2)cc1OC. The van der Waals surface area contributed by atoms with Gasteiger partial charge in [-0.05, 0) is 59.9 Å². The van der Waals surface area contributed by atoms with E-state index in [0.29, 0.717) is 42.6 Å².